The Kier molecular flexibility index (Phi) is 86.5. The molecule has 91 heavy (non-hydrogen) atoms. The van der Waals surface area contributed by atoms with Gasteiger partial charge >= 0.3 is 11.4 Å². The number of nitrogens with one attached hydrogen (secondary N) is 2. The predicted octanol–water partition coefficient (Wildman–Crippen LogP) is 10.7. The minimum atomic E-state index is -1.81. The van der Waals surface area contributed by atoms with Crippen LogP contribution in [0.5, 0.6) is 0 Å². The maximum atomic E-state index is 15.8. The first-order valence-electron chi connectivity index (χ1n) is 29.1. The summed E-state index contributed by atoms with van der Waals surface area (Å²) in [6.45, 7) is 37.2. The zero-order valence-electron chi connectivity index (χ0n) is 59.7. The fourth-order valence-electron chi connectivity index (χ4n) is 6.60. The van der Waals surface area contributed by atoms with Gasteiger partial charge in [-0.3, -0.25) is 28.7 Å². The maximum Gasteiger partial charge on any atom is 0.330 e. The van der Waals surface area contributed by atoms with E-state index in [9.17, 15) is 28.7 Å². The summed E-state index contributed by atoms with van der Waals surface area (Å²) in [6.07, 6.45) is -4.49. The van der Waals surface area contributed by atoms with E-state index < -0.39 is 96.9 Å². The molecule has 4 rings (SSSR count). The third-order valence-corrected chi connectivity index (χ3v) is 30.2. The van der Waals surface area contributed by atoms with Gasteiger partial charge in [0.05, 0.1) is 18.8 Å². The zero-order valence-corrected chi connectivity index (χ0v) is 103. The third-order valence-electron chi connectivity index (χ3n) is 13.2. The molecule has 11 atom stereocenters. The number of aromatic amines is 2. The van der Waals surface area contributed by atoms with Gasteiger partial charge in [-0.2, -0.15) is 0 Å². The van der Waals surface area contributed by atoms with Crippen molar-refractivity contribution in [3.05, 3.63) is 66.2 Å². The number of rotatable bonds is 27. The van der Waals surface area contributed by atoms with Gasteiger partial charge in [0.25, 0.3) is 19.6 Å². The Labute approximate surface area is 806 Å². The number of aromatic nitrogens is 4. The molecule has 0 bridgehead atoms. The van der Waals surface area contributed by atoms with Gasteiger partial charge in [0.1, 0.15) is 12.2 Å². The second-order valence-corrected chi connectivity index (χ2v) is 39.4. The molecule has 4 heterocycles. The Hall–Kier alpha value is 9.56. The van der Waals surface area contributed by atoms with E-state index in [1.807, 2.05) is 75.9 Å². The van der Waals surface area contributed by atoms with Crippen molar-refractivity contribution in [1.29, 1.82) is 2.86 Å². The fourth-order valence-corrected chi connectivity index (χ4v) is 15.4. The van der Waals surface area contributed by atoms with Crippen LogP contribution >= 0.6 is 51.7 Å². The van der Waals surface area contributed by atoms with Crippen molar-refractivity contribution in [2.24, 2.45) is 0 Å². The molecule has 38 heteroatoms. The largest absolute Gasteiger partial charge is 0.416 e. The molecule has 0 aliphatic carbocycles. The van der Waals surface area contributed by atoms with Crippen LogP contribution in [0.15, 0.2) is 43.7 Å². The van der Waals surface area contributed by atoms with Gasteiger partial charge in [0.2, 0.25) is 2.86 Å². The molecule has 0 spiro atoms. The van der Waals surface area contributed by atoms with Crippen molar-refractivity contribution in [2.75, 3.05) is 52.2 Å². The second-order valence-electron chi connectivity index (χ2n) is 22.5. The SMILES string of the molecule is C.CC(CO[Si](C)(C)C(C)(C)C)SSCCCCO.[2H]CC1OC(n2ccc(=O)[nH]c2=O)C(F)C1O.[2H]CC1OC(n2ccc(=O)[nH]c2=O)C(F)C1OP(OCCCCSSC(C)CO[Si](C)(C)C(C)(C)C)N(C(C)C)C(C)C.[3H]OC.[3H]OC.[U].[U].[U].[U].[U].[U].[U].[U].[U].[U]. The number of H-pyrrole nitrogens is 2. The smallest absolute Gasteiger partial charge is 0.330 e. The maximum absolute atomic E-state index is 15.8. The van der Waals surface area contributed by atoms with Crippen molar-refractivity contribution in [2.45, 2.75) is 238 Å². The van der Waals surface area contributed by atoms with Crippen LogP contribution in [0, 0.1) is 311 Å². The van der Waals surface area contributed by atoms with Gasteiger partial charge in [-0.25, -0.2) is 23.0 Å². The van der Waals surface area contributed by atoms with E-state index >= 15 is 4.39 Å². The molecule has 2 aromatic heterocycles. The molecule has 6 N–H and O–H groups in total. The Morgan fingerprint density at radius 1 is 0.681 bits per heavy atom. The number of ether oxygens (including phenoxy) is 2. The zero-order chi connectivity index (χ0) is 64.8. The minimum Gasteiger partial charge on any atom is -0.416 e. The Morgan fingerprint density at radius 3 is 1.37 bits per heavy atom. The van der Waals surface area contributed by atoms with Gasteiger partial charge in [-0.15, -0.1) is 0 Å². The number of hydrogen-bond acceptors (Lipinski definition) is 19. The van der Waals surface area contributed by atoms with Gasteiger partial charge in [0, 0.05) is 407 Å². The summed E-state index contributed by atoms with van der Waals surface area (Å²) in [6, 6.07) is 2.33. The molecule has 2 aliphatic heterocycles. The molecule has 0 saturated carbocycles. The first-order valence-corrected chi connectivity index (χ1v) is 38.6. The average molecular weight is 3680 g/mol. The van der Waals surface area contributed by atoms with Crippen molar-refractivity contribution >= 4 is 68.3 Å². The molecule has 518 valence electrons. The van der Waals surface area contributed by atoms with E-state index in [0.29, 0.717) is 28.8 Å². The normalized spacial score (nSPS) is 20.4. The molecule has 2 fully saturated rings. The number of aliphatic hydroxyl groups is 4. The van der Waals surface area contributed by atoms with E-state index in [1.54, 1.807) is 0 Å². The summed E-state index contributed by atoms with van der Waals surface area (Å²) in [5, 5.41) is 26.6. The summed E-state index contributed by atoms with van der Waals surface area (Å²) in [5.41, 5.74) is -2.77. The predicted molar refractivity (Wildman–Crippen MR) is 341 cm³/mol. The van der Waals surface area contributed by atoms with Gasteiger partial charge < -0.3 is 47.8 Å². The molecular formula is C53H106F2N5O14PS4Si2U10. The standard InChI is InChI=1S/C28H53FN3O6PS2Si.C13H30O2S2Si.C9H11FN2O4.2CH4O.CH4.10U/c1-19(2)32(20(3)4)39(35-16-12-13-17-40-41-21(5)18-36-42(10,11)28(7,8)9)38-25-22(6)37-26(24(25)29)31-15-14-23(33)30-27(31)34;1-12(17-16-10-8-7-9-14)11-15-18(5,6)13(2,3)4;1-4-7(14)6(10)8(16-4)12-3-2-5(13)11-9(12)15;2*1-2;;;;;;;;;;;/h14-15,19-22,24-26H,12-13,16-18H2,1-11H3,(H,30,33,34);12,14H,7-11H2,1-6H3;2-4,6-8,14H,1H3,(H,11,13,15);2*2H,1H3;1H4;;;;;;;;;;/i6D;;1D;2*2T;;;;;;;;;;;. The third kappa shape index (κ3) is 49.4. The molecule has 0 amide bonds. The Balaban J connectivity index is -0.000000111. The van der Waals surface area contributed by atoms with Crippen LogP contribution in [0.2, 0.25) is 36.3 Å². The number of alkyl halides is 2. The van der Waals surface area contributed by atoms with Crippen LogP contribution in [-0.2, 0) is 27.4 Å². The monoisotopic (exact) mass is 3680 g/mol. The van der Waals surface area contributed by atoms with Crippen molar-refractivity contribution in [3.8, 4) is 0 Å². The van der Waals surface area contributed by atoms with Crippen LogP contribution in [0.1, 0.15) is 145 Å². The van der Waals surface area contributed by atoms with Crippen molar-refractivity contribution in [1.82, 2.24) is 23.8 Å². The molecule has 2 aromatic rings. The number of aliphatic hydroxyl groups excluding tert-OH is 4. The summed E-state index contributed by atoms with van der Waals surface area (Å²) in [5.74, 6) is 2.10. The van der Waals surface area contributed by atoms with Gasteiger partial charge in [0.15, 0.2) is 41.4 Å². The van der Waals surface area contributed by atoms with E-state index in [2.05, 4.69) is 101 Å². The topological polar surface area (TPSA) is 249 Å². The first-order chi connectivity index (χ1) is 39.1. The molecule has 0 radical (unpaired) electrons. The summed E-state index contributed by atoms with van der Waals surface area (Å²) in [4.78, 5) is 50.1. The first kappa shape index (κ1) is 116. The minimum absolute atomic E-state index is 0. The molecule has 0 aromatic carbocycles. The van der Waals surface area contributed by atoms with Gasteiger partial charge in [-0.05, 0) is 103 Å². The van der Waals surface area contributed by atoms with Crippen molar-refractivity contribution < 1.29 is 370 Å². The number of halogens is 2. The molecule has 2 aliphatic rings. The number of unbranched alkanes of at least 4 members (excludes halogenated alkanes) is 2. The van der Waals surface area contributed by atoms with E-state index in [1.165, 1.54) is 20.4 Å². The molecule has 2 saturated heterocycles. The summed E-state index contributed by atoms with van der Waals surface area (Å²) < 4.78 is 95.8. The molecular weight excluding hydrogens is 3560 g/mol. The average Bonchev–Trinajstić information content (AvgIpc) is 1.68. The number of hydrogen-bond donors (Lipinski definition) is 6. The summed E-state index contributed by atoms with van der Waals surface area (Å²) >= 11 is 0. The van der Waals surface area contributed by atoms with E-state index in [4.69, 9.17) is 38.1 Å². The van der Waals surface area contributed by atoms with Crippen molar-refractivity contribution in [3.63, 3.8) is 0 Å². The molecule has 19 nitrogen and oxygen atoms in total. The van der Waals surface area contributed by atoms with Crippen LogP contribution in [-0.4, -0.2) is 175 Å². The van der Waals surface area contributed by atoms with E-state index in [-0.39, 0.29) is 349 Å². The van der Waals surface area contributed by atoms with E-state index in [0.717, 1.165) is 77.9 Å². The number of nitrogens with zero attached hydrogens (tertiary/aromatic N) is 3. The summed E-state index contributed by atoms with van der Waals surface area (Å²) in [7, 11) is 5.10. The fraction of sp³-hybridized carbons (Fsp3) is 0.849. The van der Waals surface area contributed by atoms with Gasteiger partial charge in [-0.1, -0.05) is 106 Å². The quantitative estimate of drug-likeness (QED) is 0.0211. The molecule has 11 unspecified atom stereocenters. The van der Waals surface area contributed by atoms with Crippen LogP contribution in [0.4, 0.5) is 8.78 Å². The second kappa shape index (κ2) is 67.7. The van der Waals surface area contributed by atoms with Crippen LogP contribution in [0.3, 0.4) is 0 Å². The van der Waals surface area contributed by atoms with Crippen LogP contribution < -0.4 is 22.5 Å². The Bertz CT molecular complexity index is 2360. The Morgan fingerprint density at radius 2 is 1.04 bits per heavy atom. The van der Waals surface area contributed by atoms with Crippen LogP contribution in [0.25, 0.3) is 0 Å².